The molecule has 0 spiro atoms. The fraction of sp³-hybridized carbons (Fsp3) is 0.200. The molecule has 0 atom stereocenters. The Morgan fingerprint density at radius 1 is 1.00 bits per heavy atom. The van der Waals surface area contributed by atoms with Crippen molar-refractivity contribution in [3.63, 3.8) is 0 Å². The molecular weight excluding hydrogens is 276 g/mol. The maximum absolute atomic E-state index is 11.4. The van der Waals surface area contributed by atoms with Crippen molar-refractivity contribution in [3.05, 3.63) is 59.7 Å². The van der Waals surface area contributed by atoms with E-state index in [1.807, 2.05) is 24.3 Å². The van der Waals surface area contributed by atoms with Crippen LogP contribution >= 0.6 is 11.8 Å². The van der Waals surface area contributed by atoms with Crippen LogP contribution in [0.15, 0.2) is 58.3 Å². The lowest BCUT2D eigenvalue weighted by Crippen LogP contribution is -1.96. The van der Waals surface area contributed by atoms with Gasteiger partial charge in [0.1, 0.15) is 0 Å². The fourth-order valence-electron chi connectivity index (χ4n) is 1.72. The monoisotopic (exact) mass is 292 g/mol. The SMILES string of the molecule is Cc1ccccc1CSc1ccc(S(C)(=O)=O)cc1. The van der Waals surface area contributed by atoms with Crippen LogP contribution in [0.4, 0.5) is 0 Å². The molecule has 0 aliphatic rings. The van der Waals surface area contributed by atoms with E-state index in [1.165, 1.54) is 17.4 Å². The van der Waals surface area contributed by atoms with Crippen LogP contribution in [0.5, 0.6) is 0 Å². The highest BCUT2D eigenvalue weighted by molar-refractivity contribution is 7.98. The summed E-state index contributed by atoms with van der Waals surface area (Å²) in [5.74, 6) is 0.894. The lowest BCUT2D eigenvalue weighted by atomic mass is 10.1. The van der Waals surface area contributed by atoms with Gasteiger partial charge in [-0.1, -0.05) is 24.3 Å². The zero-order chi connectivity index (χ0) is 13.9. The smallest absolute Gasteiger partial charge is 0.175 e. The van der Waals surface area contributed by atoms with Gasteiger partial charge in [0, 0.05) is 16.9 Å². The molecule has 0 heterocycles. The molecule has 2 aromatic carbocycles. The first kappa shape index (κ1) is 14.2. The molecule has 0 fully saturated rings. The Labute approximate surface area is 118 Å². The van der Waals surface area contributed by atoms with Crippen LogP contribution in [0.1, 0.15) is 11.1 Å². The van der Waals surface area contributed by atoms with Crippen LogP contribution in [-0.4, -0.2) is 14.7 Å². The zero-order valence-electron chi connectivity index (χ0n) is 11.0. The summed E-state index contributed by atoms with van der Waals surface area (Å²) in [7, 11) is -3.10. The number of aryl methyl sites for hydroxylation is 1. The average molecular weight is 292 g/mol. The summed E-state index contributed by atoms with van der Waals surface area (Å²) in [4.78, 5) is 1.45. The van der Waals surface area contributed by atoms with E-state index < -0.39 is 9.84 Å². The molecule has 0 unspecified atom stereocenters. The van der Waals surface area contributed by atoms with E-state index in [1.54, 1.807) is 23.9 Å². The normalized spacial score (nSPS) is 11.5. The molecule has 4 heteroatoms. The Morgan fingerprint density at radius 2 is 1.63 bits per heavy atom. The van der Waals surface area contributed by atoms with Gasteiger partial charge in [-0.05, 0) is 42.3 Å². The highest BCUT2D eigenvalue weighted by atomic mass is 32.2. The Hall–Kier alpha value is -1.26. The predicted octanol–water partition coefficient (Wildman–Crippen LogP) is 3.69. The summed E-state index contributed by atoms with van der Waals surface area (Å²) in [6.45, 7) is 2.10. The largest absolute Gasteiger partial charge is 0.224 e. The van der Waals surface area contributed by atoms with Crippen molar-refractivity contribution in [2.75, 3.05) is 6.26 Å². The summed E-state index contributed by atoms with van der Waals surface area (Å²) in [6, 6.07) is 15.3. The van der Waals surface area contributed by atoms with Gasteiger partial charge in [-0.2, -0.15) is 0 Å². The fourth-order valence-corrected chi connectivity index (χ4v) is 3.32. The first-order valence-corrected chi connectivity index (χ1v) is 8.82. The number of sulfone groups is 1. The van der Waals surface area contributed by atoms with Crippen LogP contribution < -0.4 is 0 Å². The van der Waals surface area contributed by atoms with E-state index in [4.69, 9.17) is 0 Å². The molecule has 19 heavy (non-hydrogen) atoms. The van der Waals surface area contributed by atoms with Crippen molar-refractivity contribution < 1.29 is 8.42 Å². The minimum Gasteiger partial charge on any atom is -0.224 e. The number of rotatable bonds is 4. The maximum Gasteiger partial charge on any atom is 0.175 e. The minimum absolute atomic E-state index is 0.368. The van der Waals surface area contributed by atoms with Crippen molar-refractivity contribution >= 4 is 21.6 Å². The molecule has 0 saturated heterocycles. The number of thioether (sulfide) groups is 1. The summed E-state index contributed by atoms with van der Waals surface area (Å²) >= 11 is 1.71. The van der Waals surface area contributed by atoms with Gasteiger partial charge in [-0.3, -0.25) is 0 Å². The molecule has 2 aromatic rings. The summed E-state index contributed by atoms with van der Waals surface area (Å²) in [6.07, 6.45) is 1.22. The first-order valence-electron chi connectivity index (χ1n) is 5.94. The van der Waals surface area contributed by atoms with E-state index in [0.717, 1.165) is 10.6 Å². The van der Waals surface area contributed by atoms with Gasteiger partial charge in [0.15, 0.2) is 9.84 Å². The van der Waals surface area contributed by atoms with Crippen LogP contribution in [0, 0.1) is 6.92 Å². The molecule has 0 amide bonds. The Bertz CT molecular complexity index is 659. The van der Waals surface area contributed by atoms with Crippen LogP contribution in [-0.2, 0) is 15.6 Å². The molecule has 0 N–H and O–H groups in total. The number of hydrogen-bond donors (Lipinski definition) is 0. The number of hydrogen-bond acceptors (Lipinski definition) is 3. The predicted molar refractivity (Wildman–Crippen MR) is 80.3 cm³/mol. The third kappa shape index (κ3) is 3.85. The van der Waals surface area contributed by atoms with Crippen LogP contribution in [0.2, 0.25) is 0 Å². The third-order valence-electron chi connectivity index (χ3n) is 2.91. The highest BCUT2D eigenvalue weighted by Gasteiger charge is 2.06. The molecule has 0 radical (unpaired) electrons. The van der Waals surface area contributed by atoms with Crippen molar-refractivity contribution in [3.8, 4) is 0 Å². The second-order valence-corrected chi connectivity index (χ2v) is 7.52. The molecular formula is C15H16O2S2. The highest BCUT2D eigenvalue weighted by Crippen LogP contribution is 2.25. The zero-order valence-corrected chi connectivity index (χ0v) is 12.6. The number of benzene rings is 2. The summed E-state index contributed by atoms with van der Waals surface area (Å²) < 4.78 is 22.7. The quantitative estimate of drug-likeness (QED) is 0.806. The van der Waals surface area contributed by atoms with E-state index in [-0.39, 0.29) is 0 Å². The van der Waals surface area contributed by atoms with Gasteiger partial charge >= 0.3 is 0 Å². The van der Waals surface area contributed by atoms with E-state index in [9.17, 15) is 8.42 Å². The molecule has 2 nitrogen and oxygen atoms in total. The maximum atomic E-state index is 11.4. The second kappa shape index (κ2) is 5.80. The van der Waals surface area contributed by atoms with Gasteiger partial charge in [0.05, 0.1) is 4.90 Å². The van der Waals surface area contributed by atoms with Gasteiger partial charge in [0.2, 0.25) is 0 Å². The van der Waals surface area contributed by atoms with Gasteiger partial charge in [0.25, 0.3) is 0 Å². The Balaban J connectivity index is 2.07. The molecule has 100 valence electrons. The molecule has 0 bridgehead atoms. The van der Waals surface area contributed by atoms with E-state index >= 15 is 0 Å². The van der Waals surface area contributed by atoms with Crippen molar-refractivity contribution in [2.45, 2.75) is 22.5 Å². The second-order valence-electron chi connectivity index (χ2n) is 4.46. The van der Waals surface area contributed by atoms with Crippen molar-refractivity contribution in [2.24, 2.45) is 0 Å². The van der Waals surface area contributed by atoms with Gasteiger partial charge in [-0.25, -0.2) is 8.42 Å². The van der Waals surface area contributed by atoms with Gasteiger partial charge < -0.3 is 0 Å². The Morgan fingerprint density at radius 3 is 2.21 bits per heavy atom. The topological polar surface area (TPSA) is 34.1 Å². The average Bonchev–Trinajstić information content (AvgIpc) is 2.37. The third-order valence-corrected chi connectivity index (χ3v) is 5.10. The summed E-state index contributed by atoms with van der Waals surface area (Å²) in [5, 5.41) is 0. The minimum atomic E-state index is -3.10. The molecule has 0 aromatic heterocycles. The van der Waals surface area contributed by atoms with E-state index in [2.05, 4.69) is 19.1 Å². The molecule has 0 aliphatic carbocycles. The molecule has 2 rings (SSSR count). The van der Waals surface area contributed by atoms with Crippen LogP contribution in [0.25, 0.3) is 0 Å². The van der Waals surface area contributed by atoms with Crippen LogP contribution in [0.3, 0.4) is 0 Å². The Kier molecular flexibility index (Phi) is 4.32. The molecule has 0 saturated carbocycles. The lowest BCUT2D eigenvalue weighted by Gasteiger charge is -2.06. The first-order chi connectivity index (χ1) is 8.97. The lowest BCUT2D eigenvalue weighted by molar-refractivity contribution is 0.602. The van der Waals surface area contributed by atoms with Crippen molar-refractivity contribution in [1.29, 1.82) is 0 Å². The van der Waals surface area contributed by atoms with E-state index in [0.29, 0.717) is 4.90 Å². The summed E-state index contributed by atoms with van der Waals surface area (Å²) in [5.41, 5.74) is 2.59. The van der Waals surface area contributed by atoms with Gasteiger partial charge in [-0.15, -0.1) is 11.8 Å². The molecule has 0 aliphatic heterocycles. The standard InChI is InChI=1S/C15H16O2S2/c1-12-5-3-4-6-13(12)11-18-14-7-9-15(10-8-14)19(2,16)17/h3-10H,11H2,1-2H3. The van der Waals surface area contributed by atoms with Crippen molar-refractivity contribution in [1.82, 2.24) is 0 Å².